The molecule has 1 aliphatic rings. The van der Waals surface area contributed by atoms with Crippen LogP contribution in [0.4, 0.5) is 16.2 Å². The molecule has 0 aliphatic carbocycles. The van der Waals surface area contributed by atoms with Crippen molar-refractivity contribution in [1.82, 2.24) is 5.32 Å². The van der Waals surface area contributed by atoms with E-state index < -0.39 is 16.6 Å². The van der Waals surface area contributed by atoms with Crippen LogP contribution in [0.25, 0.3) is 0 Å². The van der Waals surface area contributed by atoms with Gasteiger partial charge in [0.25, 0.3) is 0 Å². The number of nitrogens with zero attached hydrogens (tertiary/aromatic N) is 2. The van der Waals surface area contributed by atoms with Crippen LogP contribution in [0, 0.1) is 13.7 Å². The van der Waals surface area contributed by atoms with Crippen molar-refractivity contribution >= 4 is 40.1 Å². The zero-order chi connectivity index (χ0) is 18.8. The largest absolute Gasteiger partial charge is 0.413 e. The lowest BCUT2D eigenvalue weighted by molar-refractivity contribution is -0.385. The van der Waals surface area contributed by atoms with Gasteiger partial charge >= 0.3 is 11.8 Å². The smallest absolute Gasteiger partial charge is 0.403 e. The molecule has 0 bridgehead atoms. The summed E-state index contributed by atoms with van der Waals surface area (Å²) in [5.74, 6) is -0.0895. The van der Waals surface area contributed by atoms with Gasteiger partial charge in [-0.25, -0.2) is 4.79 Å². The van der Waals surface area contributed by atoms with Crippen molar-refractivity contribution in [3.63, 3.8) is 0 Å². The van der Waals surface area contributed by atoms with Gasteiger partial charge in [-0.3, -0.25) is 10.1 Å². The number of nitro groups is 1. The number of hydrogen-bond acceptors (Lipinski definition) is 6. The lowest BCUT2D eigenvalue weighted by Crippen LogP contribution is -2.42. The van der Waals surface area contributed by atoms with Gasteiger partial charge in [-0.15, -0.1) is 0 Å². The van der Waals surface area contributed by atoms with E-state index in [0.29, 0.717) is 29.5 Å². The lowest BCUT2D eigenvalue weighted by Gasteiger charge is -2.32. The molecule has 0 aromatic heterocycles. The molecule has 8 nitrogen and oxygen atoms in total. The van der Waals surface area contributed by atoms with E-state index in [2.05, 4.69) is 5.32 Å². The predicted molar refractivity (Wildman–Crippen MR) is 102 cm³/mol. The van der Waals surface area contributed by atoms with Crippen LogP contribution in [0.2, 0.25) is 0 Å². The molecule has 1 heterocycles. The Kier molecular flexibility index (Phi) is 6.09. The van der Waals surface area contributed by atoms with Crippen LogP contribution in [0.1, 0.15) is 33.6 Å². The molecule has 0 spiro atoms. The summed E-state index contributed by atoms with van der Waals surface area (Å²) in [7, 11) is 0. The fourth-order valence-corrected chi connectivity index (χ4v) is 3.33. The Morgan fingerprint density at radius 3 is 2.52 bits per heavy atom. The molecule has 1 amide bonds. The number of carbonyl (C=O) groups excluding carboxylic acids is 1. The van der Waals surface area contributed by atoms with E-state index in [4.69, 9.17) is 4.74 Å². The Morgan fingerprint density at radius 1 is 1.40 bits per heavy atom. The first kappa shape index (κ1) is 19.7. The maximum absolute atomic E-state index is 12.0. The number of halogens is 1. The highest BCUT2D eigenvalue weighted by Crippen LogP contribution is 2.37. The molecule has 1 aromatic rings. The number of amides is 1. The van der Waals surface area contributed by atoms with Crippen LogP contribution in [0.5, 0.6) is 5.75 Å². The number of carbonyl (C=O) groups is 1. The third kappa shape index (κ3) is 5.43. The van der Waals surface area contributed by atoms with Gasteiger partial charge in [-0.2, -0.15) is 0 Å². The molecule has 1 fully saturated rings. The average molecular weight is 463 g/mol. The topological polar surface area (TPSA) is 105 Å². The molecule has 0 atom stereocenters. The van der Waals surface area contributed by atoms with E-state index in [1.54, 1.807) is 20.8 Å². The first-order valence-electron chi connectivity index (χ1n) is 7.98. The molecule has 2 rings (SSSR count). The molecule has 138 valence electrons. The lowest BCUT2D eigenvalue weighted by atomic mass is 10.1. The van der Waals surface area contributed by atoms with Crippen LogP contribution in [-0.2, 0) is 0 Å². The molecule has 1 saturated heterocycles. The van der Waals surface area contributed by atoms with Gasteiger partial charge in [0, 0.05) is 34.3 Å². The molecular formula is C16H22IN3O5. The van der Waals surface area contributed by atoms with E-state index in [1.165, 1.54) is 12.1 Å². The number of anilines is 1. The van der Waals surface area contributed by atoms with E-state index in [-0.39, 0.29) is 17.5 Å². The van der Waals surface area contributed by atoms with Crippen molar-refractivity contribution in [2.75, 3.05) is 18.0 Å². The summed E-state index contributed by atoms with van der Waals surface area (Å²) in [5, 5.41) is 23.6. The second-order valence-electron chi connectivity index (χ2n) is 7.01. The molecule has 9 heteroatoms. The normalized spacial score (nSPS) is 15.8. The van der Waals surface area contributed by atoms with Gasteiger partial charge in [0.05, 0.1) is 16.7 Å². The highest BCUT2D eigenvalue weighted by atomic mass is 127. The number of nitrogens with one attached hydrogen (secondary N) is 1. The Morgan fingerprint density at radius 2 is 2.00 bits per heavy atom. The Balaban J connectivity index is 2.31. The number of aliphatic hydroxyl groups is 1. The number of ether oxygens (including phenoxy) is 1. The SMILES string of the molecule is CC(C)(C)NC(=O)Oc1cc(N2CCC(O)CC2)c(I)cc1[N+](=O)[O-]. The van der Waals surface area contributed by atoms with Crippen LogP contribution in [-0.4, -0.2) is 40.9 Å². The Labute approximate surface area is 159 Å². The third-order valence-electron chi connectivity index (χ3n) is 3.71. The zero-order valence-corrected chi connectivity index (χ0v) is 16.6. The number of aliphatic hydroxyl groups excluding tert-OH is 1. The van der Waals surface area contributed by atoms with Crippen LogP contribution < -0.4 is 15.0 Å². The average Bonchev–Trinajstić information content (AvgIpc) is 2.47. The summed E-state index contributed by atoms with van der Waals surface area (Å²) in [6.07, 6.45) is 0.207. The fourth-order valence-electron chi connectivity index (χ4n) is 2.54. The molecule has 0 radical (unpaired) electrons. The van der Waals surface area contributed by atoms with Crippen molar-refractivity contribution in [2.45, 2.75) is 45.3 Å². The first-order chi connectivity index (χ1) is 11.6. The second-order valence-corrected chi connectivity index (χ2v) is 8.17. The van der Waals surface area contributed by atoms with Crippen LogP contribution in [0.15, 0.2) is 12.1 Å². The highest BCUT2D eigenvalue weighted by Gasteiger charge is 2.26. The molecule has 0 unspecified atom stereocenters. The Hall–Kier alpha value is -1.62. The van der Waals surface area contributed by atoms with Crippen molar-refractivity contribution < 1.29 is 19.6 Å². The van der Waals surface area contributed by atoms with Crippen molar-refractivity contribution in [3.05, 3.63) is 25.8 Å². The first-order valence-corrected chi connectivity index (χ1v) is 9.05. The zero-order valence-electron chi connectivity index (χ0n) is 14.4. The second kappa shape index (κ2) is 7.73. The van der Waals surface area contributed by atoms with Gasteiger partial charge < -0.3 is 20.1 Å². The van der Waals surface area contributed by atoms with Crippen LogP contribution >= 0.6 is 22.6 Å². The summed E-state index contributed by atoms with van der Waals surface area (Å²) < 4.78 is 5.92. The third-order valence-corrected chi connectivity index (χ3v) is 4.57. The predicted octanol–water partition coefficient (Wildman–Crippen LogP) is 3.05. The highest BCUT2D eigenvalue weighted by molar-refractivity contribution is 14.1. The standard InChI is InChI=1S/C16H22IN3O5/c1-16(2,3)18-15(22)25-14-9-12(11(17)8-13(14)20(23)24)19-6-4-10(21)5-7-19/h8-10,21H,4-7H2,1-3H3,(H,18,22). The summed E-state index contributed by atoms with van der Waals surface area (Å²) in [6, 6.07) is 2.93. The quantitative estimate of drug-likeness (QED) is 0.406. The molecular weight excluding hydrogens is 441 g/mol. The summed E-state index contributed by atoms with van der Waals surface area (Å²) in [5.41, 5.74) is -0.00752. The van der Waals surface area contributed by atoms with Gasteiger partial charge in [0.2, 0.25) is 5.75 Å². The minimum Gasteiger partial charge on any atom is -0.403 e. The van der Waals surface area contributed by atoms with E-state index in [1.807, 2.05) is 27.5 Å². The van der Waals surface area contributed by atoms with Gasteiger partial charge in [-0.1, -0.05) is 0 Å². The van der Waals surface area contributed by atoms with Crippen molar-refractivity contribution in [1.29, 1.82) is 0 Å². The minimum atomic E-state index is -0.739. The number of piperidine rings is 1. The summed E-state index contributed by atoms with van der Waals surface area (Å²) in [4.78, 5) is 24.8. The van der Waals surface area contributed by atoms with Gasteiger partial charge in [-0.05, 0) is 56.2 Å². The maximum Gasteiger partial charge on any atom is 0.413 e. The van der Waals surface area contributed by atoms with Gasteiger partial charge in [0.1, 0.15) is 0 Å². The number of benzene rings is 1. The number of nitro benzene ring substituents is 1. The van der Waals surface area contributed by atoms with E-state index >= 15 is 0 Å². The molecule has 1 aromatic carbocycles. The Bertz CT molecular complexity index is 666. The molecule has 2 N–H and O–H groups in total. The molecule has 0 saturated carbocycles. The maximum atomic E-state index is 12.0. The number of rotatable bonds is 3. The van der Waals surface area contributed by atoms with E-state index in [0.717, 1.165) is 5.69 Å². The molecule has 1 aliphatic heterocycles. The monoisotopic (exact) mass is 463 g/mol. The van der Waals surface area contributed by atoms with Crippen LogP contribution in [0.3, 0.4) is 0 Å². The minimum absolute atomic E-state index is 0.0895. The molecule has 25 heavy (non-hydrogen) atoms. The number of hydrogen-bond donors (Lipinski definition) is 2. The summed E-state index contributed by atoms with van der Waals surface area (Å²) >= 11 is 2.03. The fraction of sp³-hybridized carbons (Fsp3) is 0.562. The van der Waals surface area contributed by atoms with E-state index in [9.17, 15) is 20.0 Å². The van der Waals surface area contributed by atoms with Crippen molar-refractivity contribution in [2.24, 2.45) is 0 Å². The van der Waals surface area contributed by atoms with Crippen molar-refractivity contribution in [3.8, 4) is 5.75 Å². The summed E-state index contributed by atoms with van der Waals surface area (Å²) in [6.45, 7) is 6.66. The van der Waals surface area contributed by atoms with Gasteiger partial charge in [0.15, 0.2) is 0 Å².